The Hall–Kier alpha value is -1.96. The lowest BCUT2D eigenvalue weighted by molar-refractivity contribution is -0.135. The van der Waals surface area contributed by atoms with Gasteiger partial charge in [-0.15, -0.1) is 0 Å². The first-order valence-corrected chi connectivity index (χ1v) is 7.94. The summed E-state index contributed by atoms with van der Waals surface area (Å²) in [7, 11) is 1.55. The predicted molar refractivity (Wildman–Crippen MR) is 83.9 cm³/mol. The molecule has 0 unspecified atom stereocenters. The maximum Gasteiger partial charge on any atom is 0.356 e. The largest absolute Gasteiger partial charge is 0.492 e. The molecule has 0 aromatic heterocycles. The number of methoxy groups -OCH3 is 1. The first kappa shape index (κ1) is 15.9. The van der Waals surface area contributed by atoms with Crippen LogP contribution >= 0.6 is 15.9 Å². The summed E-state index contributed by atoms with van der Waals surface area (Å²) in [6.07, 6.45) is -0.452. The Morgan fingerprint density at radius 2 is 2.26 bits per heavy atom. The normalized spacial score (nSPS) is 21.7. The molecule has 2 aliphatic rings. The Morgan fingerprint density at radius 3 is 2.96 bits per heavy atom. The van der Waals surface area contributed by atoms with Gasteiger partial charge in [0.2, 0.25) is 12.5 Å². The Morgan fingerprint density at radius 1 is 1.48 bits per heavy atom. The average molecular weight is 386 g/mol. The lowest BCUT2D eigenvalue weighted by Crippen LogP contribution is -2.24. The van der Waals surface area contributed by atoms with Crippen molar-refractivity contribution in [2.45, 2.75) is 20.0 Å². The first-order valence-electron chi connectivity index (χ1n) is 7.15. The van der Waals surface area contributed by atoms with E-state index in [0.29, 0.717) is 21.7 Å². The number of ether oxygens (including phenoxy) is 4. The number of hydrogen-bond donors (Lipinski definition) is 0. The van der Waals surface area contributed by atoms with Gasteiger partial charge in [-0.2, -0.15) is 0 Å². The summed E-state index contributed by atoms with van der Waals surface area (Å²) in [4.78, 5) is 17.4. The van der Waals surface area contributed by atoms with Gasteiger partial charge in [0.25, 0.3) is 0 Å². The number of benzene rings is 1. The summed E-state index contributed by atoms with van der Waals surface area (Å²) >= 11 is 3.51. The van der Waals surface area contributed by atoms with E-state index in [-0.39, 0.29) is 25.0 Å². The Balaban J connectivity index is 1.94. The second-order valence-electron chi connectivity index (χ2n) is 5.06. The molecule has 1 aromatic rings. The molecule has 3 rings (SSSR count). The fourth-order valence-corrected chi connectivity index (χ4v) is 3.27. The van der Waals surface area contributed by atoms with Crippen LogP contribution in [-0.2, 0) is 14.4 Å². The third-order valence-corrected chi connectivity index (χ3v) is 4.55. The minimum atomic E-state index is -0.466. The molecule has 0 fully saturated rings. The molecule has 124 valence electrons. The molecule has 0 saturated carbocycles. The summed E-state index contributed by atoms with van der Waals surface area (Å²) in [5.41, 5.74) is 1.03. The van der Waals surface area contributed by atoms with E-state index in [2.05, 4.69) is 21.1 Å². The number of rotatable bonds is 4. The van der Waals surface area contributed by atoms with Crippen LogP contribution in [0, 0.1) is 5.92 Å². The van der Waals surface area contributed by atoms with Crippen LogP contribution in [0.4, 0.5) is 0 Å². The van der Waals surface area contributed by atoms with Crippen LogP contribution in [0.25, 0.3) is 0 Å². The molecular weight excluding hydrogens is 370 g/mol. The van der Waals surface area contributed by atoms with Crippen molar-refractivity contribution in [2.24, 2.45) is 11.1 Å². The Labute approximate surface area is 141 Å². The fraction of sp³-hybridized carbons (Fsp3) is 0.467. The molecule has 23 heavy (non-hydrogen) atoms. The van der Waals surface area contributed by atoms with Crippen molar-refractivity contribution in [2.75, 3.05) is 20.5 Å². The van der Waals surface area contributed by atoms with Crippen molar-refractivity contribution in [1.82, 2.24) is 0 Å². The van der Waals surface area contributed by atoms with E-state index in [9.17, 15) is 4.79 Å². The van der Waals surface area contributed by atoms with Crippen LogP contribution < -0.4 is 14.2 Å². The predicted octanol–water partition coefficient (Wildman–Crippen LogP) is 2.81. The van der Waals surface area contributed by atoms with Gasteiger partial charge in [0.1, 0.15) is 0 Å². The molecule has 0 radical (unpaired) electrons. The van der Waals surface area contributed by atoms with Gasteiger partial charge in [-0.25, -0.2) is 4.79 Å². The van der Waals surface area contributed by atoms with Crippen LogP contribution in [0.1, 0.15) is 25.5 Å². The number of hydrogen-bond acceptors (Lipinski definition) is 7. The van der Waals surface area contributed by atoms with Gasteiger partial charge in [-0.05, 0) is 28.9 Å². The van der Waals surface area contributed by atoms with Crippen LogP contribution in [-0.4, -0.2) is 32.2 Å². The van der Waals surface area contributed by atoms with Crippen LogP contribution in [0.5, 0.6) is 17.2 Å². The van der Waals surface area contributed by atoms with E-state index in [1.54, 1.807) is 20.1 Å². The van der Waals surface area contributed by atoms with Crippen molar-refractivity contribution >= 4 is 27.6 Å². The lowest BCUT2D eigenvalue weighted by atomic mass is 9.93. The number of halogens is 1. The van der Waals surface area contributed by atoms with E-state index in [4.69, 9.17) is 23.8 Å². The van der Waals surface area contributed by atoms with Gasteiger partial charge in [-0.1, -0.05) is 12.1 Å². The number of carbonyl (C=O) groups is 1. The second kappa shape index (κ2) is 6.27. The van der Waals surface area contributed by atoms with Crippen molar-refractivity contribution in [3.05, 3.63) is 16.1 Å². The number of oxime groups is 1. The zero-order valence-electron chi connectivity index (χ0n) is 12.9. The highest BCUT2D eigenvalue weighted by atomic mass is 79.9. The first-order chi connectivity index (χ1) is 11.1. The highest BCUT2D eigenvalue weighted by molar-refractivity contribution is 9.10. The van der Waals surface area contributed by atoms with Gasteiger partial charge >= 0.3 is 5.97 Å². The highest BCUT2D eigenvalue weighted by Gasteiger charge is 2.39. The molecule has 0 N–H and O–H groups in total. The molecule has 2 atom stereocenters. The Bertz CT molecular complexity index is 674. The average Bonchev–Trinajstić information content (AvgIpc) is 3.13. The topological polar surface area (TPSA) is 75.6 Å². The fourth-order valence-electron chi connectivity index (χ4n) is 2.58. The maximum atomic E-state index is 11.9. The number of nitrogens with zero attached hydrogens (tertiary/aromatic N) is 1. The molecule has 0 spiro atoms. The molecule has 0 bridgehead atoms. The minimum absolute atomic E-state index is 0.132. The maximum absolute atomic E-state index is 11.9. The number of esters is 1. The molecule has 7 nitrogen and oxygen atoms in total. The van der Waals surface area contributed by atoms with Crippen molar-refractivity contribution in [3.63, 3.8) is 0 Å². The van der Waals surface area contributed by atoms with Gasteiger partial charge in [0.15, 0.2) is 23.3 Å². The smallest absolute Gasteiger partial charge is 0.356 e. The molecular formula is C15H16BrNO6. The summed E-state index contributed by atoms with van der Waals surface area (Å²) in [5, 5.41) is 3.89. The van der Waals surface area contributed by atoms with E-state index in [0.717, 1.165) is 5.56 Å². The molecule has 0 amide bonds. The second-order valence-corrected chi connectivity index (χ2v) is 5.85. The van der Waals surface area contributed by atoms with E-state index in [1.165, 1.54) is 0 Å². The minimum Gasteiger partial charge on any atom is -0.492 e. The van der Waals surface area contributed by atoms with Gasteiger partial charge in [-0.3, -0.25) is 0 Å². The quantitative estimate of drug-likeness (QED) is 0.741. The van der Waals surface area contributed by atoms with Gasteiger partial charge < -0.3 is 23.8 Å². The summed E-state index contributed by atoms with van der Waals surface area (Å²) in [6, 6.07) is 1.81. The third-order valence-electron chi connectivity index (χ3n) is 3.73. The van der Waals surface area contributed by atoms with Crippen molar-refractivity contribution < 1.29 is 28.6 Å². The summed E-state index contributed by atoms with van der Waals surface area (Å²) < 4.78 is 21.9. The third kappa shape index (κ3) is 2.60. The van der Waals surface area contributed by atoms with Gasteiger partial charge in [0, 0.05) is 5.56 Å². The SMILES string of the molecule is CCOC(=O)C1=NO[C@@H](c2cc3c(c(OC)c2Br)OCO3)[C@H]1C. The van der Waals surface area contributed by atoms with E-state index >= 15 is 0 Å². The van der Waals surface area contributed by atoms with Crippen molar-refractivity contribution in [3.8, 4) is 17.2 Å². The number of fused-ring (bicyclic) bond motifs is 1. The highest BCUT2D eigenvalue weighted by Crippen LogP contribution is 2.50. The zero-order chi connectivity index (χ0) is 16.6. The molecule has 2 heterocycles. The summed E-state index contributed by atoms with van der Waals surface area (Å²) in [5.74, 6) is 0.901. The zero-order valence-corrected chi connectivity index (χ0v) is 14.5. The molecule has 2 aliphatic heterocycles. The molecule has 1 aromatic carbocycles. The van der Waals surface area contributed by atoms with Gasteiger partial charge in [0.05, 0.1) is 24.1 Å². The van der Waals surface area contributed by atoms with Crippen LogP contribution in [0.2, 0.25) is 0 Å². The van der Waals surface area contributed by atoms with E-state index in [1.807, 2.05) is 6.92 Å². The lowest BCUT2D eigenvalue weighted by Gasteiger charge is -2.18. The molecule has 8 heteroatoms. The monoisotopic (exact) mass is 385 g/mol. The summed E-state index contributed by atoms with van der Waals surface area (Å²) in [6.45, 7) is 4.02. The van der Waals surface area contributed by atoms with Crippen LogP contribution in [0.3, 0.4) is 0 Å². The van der Waals surface area contributed by atoms with E-state index < -0.39 is 12.1 Å². The van der Waals surface area contributed by atoms with Crippen molar-refractivity contribution in [1.29, 1.82) is 0 Å². The standard InChI is InChI=1S/C15H16BrNO6/c1-4-20-15(18)11-7(2)12(23-17-11)8-5-9-13(22-6-21-9)14(19-3)10(8)16/h5,7,12H,4,6H2,1-3H3/t7-,12+/m0/s1. The Kier molecular flexibility index (Phi) is 4.34. The number of carbonyl (C=O) groups excluding carboxylic acids is 1. The molecule has 0 saturated heterocycles. The molecule has 0 aliphatic carbocycles. The van der Waals surface area contributed by atoms with Crippen LogP contribution in [0.15, 0.2) is 15.7 Å².